The maximum absolute atomic E-state index is 12.2. The Morgan fingerprint density at radius 1 is 1.43 bits per heavy atom. The number of carboxylic acid groups (broad SMARTS) is 1. The average molecular weight is 311 g/mol. The topological polar surface area (TPSA) is 69.6 Å². The third-order valence-electron chi connectivity index (χ3n) is 3.87. The Hall–Kier alpha value is -1.75. The van der Waals surface area contributed by atoms with E-state index < -0.39 is 5.97 Å². The first-order valence-electron chi connectivity index (χ1n) is 6.99. The third-order valence-corrected chi connectivity index (χ3v) is 4.24. The van der Waals surface area contributed by atoms with Gasteiger partial charge in [-0.05, 0) is 31.4 Å². The van der Waals surface area contributed by atoms with Gasteiger partial charge in [0.15, 0.2) is 0 Å². The molecule has 0 spiro atoms. The summed E-state index contributed by atoms with van der Waals surface area (Å²) in [5.74, 6) is -1.13. The largest absolute Gasteiger partial charge is 0.481 e. The van der Waals surface area contributed by atoms with Crippen molar-refractivity contribution in [1.29, 1.82) is 0 Å². The number of rotatable bonds is 3. The van der Waals surface area contributed by atoms with Gasteiger partial charge in [0.05, 0.1) is 5.92 Å². The fourth-order valence-corrected chi connectivity index (χ4v) is 2.81. The molecule has 1 aliphatic heterocycles. The number of carboxylic acids is 1. The van der Waals surface area contributed by atoms with E-state index in [2.05, 4.69) is 5.32 Å². The molecule has 2 atom stereocenters. The second-order valence-corrected chi connectivity index (χ2v) is 5.76. The second-order valence-electron chi connectivity index (χ2n) is 5.35. The number of urea groups is 1. The molecular weight excluding hydrogens is 292 g/mol. The van der Waals surface area contributed by atoms with Gasteiger partial charge in [-0.15, -0.1) is 0 Å². The predicted octanol–water partition coefficient (Wildman–Crippen LogP) is 2.73. The predicted molar refractivity (Wildman–Crippen MR) is 80.2 cm³/mol. The minimum atomic E-state index is -0.780. The van der Waals surface area contributed by atoms with Crippen molar-refractivity contribution in [3.05, 3.63) is 34.9 Å². The molecule has 0 aliphatic carbocycles. The van der Waals surface area contributed by atoms with Crippen molar-refractivity contribution in [3.8, 4) is 0 Å². The lowest BCUT2D eigenvalue weighted by Gasteiger charge is -2.36. The van der Waals surface area contributed by atoms with Crippen molar-refractivity contribution < 1.29 is 14.7 Å². The molecule has 1 aliphatic rings. The summed E-state index contributed by atoms with van der Waals surface area (Å²) in [6, 6.07) is 7.10. The number of piperidine rings is 1. The summed E-state index contributed by atoms with van der Waals surface area (Å²) in [6.07, 6.45) is 0.994. The first-order valence-corrected chi connectivity index (χ1v) is 7.37. The van der Waals surface area contributed by atoms with Gasteiger partial charge in [0.2, 0.25) is 0 Å². The van der Waals surface area contributed by atoms with Crippen molar-refractivity contribution in [1.82, 2.24) is 10.2 Å². The quantitative estimate of drug-likeness (QED) is 0.902. The molecule has 1 aromatic carbocycles. The lowest BCUT2D eigenvalue weighted by Crippen LogP contribution is -2.50. The number of halogens is 1. The van der Waals surface area contributed by atoms with Gasteiger partial charge >= 0.3 is 12.0 Å². The van der Waals surface area contributed by atoms with Crippen molar-refractivity contribution in [2.75, 3.05) is 6.54 Å². The first-order chi connectivity index (χ1) is 9.99. The van der Waals surface area contributed by atoms with Gasteiger partial charge in [0, 0.05) is 24.2 Å². The van der Waals surface area contributed by atoms with Crippen LogP contribution < -0.4 is 5.32 Å². The van der Waals surface area contributed by atoms with Crippen LogP contribution in [0.2, 0.25) is 5.02 Å². The molecule has 2 rings (SSSR count). The number of likely N-dealkylation sites (tertiary alicyclic amines) is 1. The molecule has 2 amide bonds. The minimum Gasteiger partial charge on any atom is -0.481 e. The number of nitrogens with one attached hydrogen (secondary N) is 1. The van der Waals surface area contributed by atoms with Gasteiger partial charge in [0.1, 0.15) is 0 Å². The van der Waals surface area contributed by atoms with E-state index in [0.29, 0.717) is 31.0 Å². The van der Waals surface area contributed by atoms with E-state index in [9.17, 15) is 9.59 Å². The van der Waals surface area contributed by atoms with E-state index in [4.69, 9.17) is 16.7 Å². The molecule has 1 fully saturated rings. The highest BCUT2D eigenvalue weighted by molar-refractivity contribution is 6.31. The molecule has 0 bridgehead atoms. The molecule has 2 N–H and O–H groups in total. The highest BCUT2D eigenvalue weighted by Crippen LogP contribution is 2.23. The molecule has 1 saturated heterocycles. The molecule has 21 heavy (non-hydrogen) atoms. The molecule has 0 aromatic heterocycles. The van der Waals surface area contributed by atoms with Gasteiger partial charge in [-0.25, -0.2) is 4.79 Å². The molecule has 5 nitrogen and oxygen atoms in total. The van der Waals surface area contributed by atoms with Crippen LogP contribution in [-0.4, -0.2) is 34.6 Å². The summed E-state index contributed by atoms with van der Waals surface area (Å²) < 4.78 is 0. The summed E-state index contributed by atoms with van der Waals surface area (Å²) in [6.45, 7) is 2.71. The smallest absolute Gasteiger partial charge is 0.317 e. The van der Waals surface area contributed by atoms with Crippen molar-refractivity contribution in [3.63, 3.8) is 0 Å². The van der Waals surface area contributed by atoms with Gasteiger partial charge in [-0.3, -0.25) is 4.79 Å². The van der Waals surface area contributed by atoms with E-state index in [1.165, 1.54) is 0 Å². The number of hydrogen-bond acceptors (Lipinski definition) is 2. The van der Waals surface area contributed by atoms with Crippen LogP contribution in [0.4, 0.5) is 4.79 Å². The maximum atomic E-state index is 12.2. The lowest BCUT2D eigenvalue weighted by atomic mass is 9.92. The van der Waals surface area contributed by atoms with Crippen LogP contribution in [0.3, 0.4) is 0 Å². The first kappa shape index (κ1) is 15.6. The van der Waals surface area contributed by atoms with E-state index in [1.807, 2.05) is 25.1 Å². The molecule has 1 aromatic rings. The molecule has 0 saturated carbocycles. The molecular formula is C15H19ClN2O3. The third kappa shape index (κ3) is 3.88. The normalized spacial score (nSPS) is 21.9. The van der Waals surface area contributed by atoms with Crippen LogP contribution in [0.15, 0.2) is 24.3 Å². The minimum absolute atomic E-state index is 0.0777. The van der Waals surface area contributed by atoms with Crippen molar-refractivity contribution in [2.45, 2.75) is 32.4 Å². The van der Waals surface area contributed by atoms with Crippen LogP contribution in [0, 0.1) is 5.92 Å². The molecule has 2 unspecified atom stereocenters. The van der Waals surface area contributed by atoms with Crippen LogP contribution in [-0.2, 0) is 11.3 Å². The van der Waals surface area contributed by atoms with Gasteiger partial charge in [-0.1, -0.05) is 29.8 Å². The highest BCUT2D eigenvalue weighted by Gasteiger charge is 2.32. The van der Waals surface area contributed by atoms with Crippen molar-refractivity contribution >= 4 is 23.6 Å². The summed E-state index contributed by atoms with van der Waals surface area (Å²) >= 11 is 6.05. The second kappa shape index (κ2) is 6.80. The Morgan fingerprint density at radius 2 is 2.14 bits per heavy atom. The van der Waals surface area contributed by atoms with Crippen LogP contribution >= 0.6 is 11.6 Å². The van der Waals surface area contributed by atoms with Crippen LogP contribution in [0.1, 0.15) is 25.3 Å². The zero-order chi connectivity index (χ0) is 15.4. The number of hydrogen-bond donors (Lipinski definition) is 2. The number of carbonyl (C=O) groups is 2. The fraction of sp³-hybridized carbons (Fsp3) is 0.467. The standard InChI is InChI=1S/C15H19ClN2O3/c1-10-8-11(14(19)20)6-7-18(10)15(21)17-9-12-4-2-3-5-13(12)16/h2-5,10-11H,6-9H2,1H3,(H,17,21)(H,19,20). The Bertz CT molecular complexity index is 535. The van der Waals surface area contributed by atoms with E-state index in [-0.39, 0.29) is 18.0 Å². The number of benzene rings is 1. The summed E-state index contributed by atoms with van der Waals surface area (Å²) in [5, 5.41) is 12.5. The summed E-state index contributed by atoms with van der Waals surface area (Å²) in [7, 11) is 0. The van der Waals surface area contributed by atoms with E-state index in [1.54, 1.807) is 11.0 Å². The highest BCUT2D eigenvalue weighted by atomic mass is 35.5. The lowest BCUT2D eigenvalue weighted by molar-refractivity contribution is -0.143. The van der Waals surface area contributed by atoms with Gasteiger partial charge in [0.25, 0.3) is 0 Å². The molecule has 0 radical (unpaired) electrons. The molecule has 1 heterocycles. The Kier molecular flexibility index (Phi) is 5.07. The number of nitrogens with zero attached hydrogens (tertiary/aromatic N) is 1. The SMILES string of the molecule is CC1CC(C(=O)O)CCN1C(=O)NCc1ccccc1Cl. The Balaban J connectivity index is 1.89. The zero-order valence-corrected chi connectivity index (χ0v) is 12.6. The fourth-order valence-electron chi connectivity index (χ4n) is 2.61. The molecule has 6 heteroatoms. The maximum Gasteiger partial charge on any atom is 0.317 e. The zero-order valence-electron chi connectivity index (χ0n) is 11.9. The van der Waals surface area contributed by atoms with E-state index in [0.717, 1.165) is 5.56 Å². The summed E-state index contributed by atoms with van der Waals surface area (Å²) in [5.41, 5.74) is 0.862. The van der Waals surface area contributed by atoms with Gasteiger partial charge in [-0.2, -0.15) is 0 Å². The number of amides is 2. The monoisotopic (exact) mass is 310 g/mol. The number of carbonyl (C=O) groups excluding carboxylic acids is 1. The van der Waals surface area contributed by atoms with Crippen LogP contribution in [0.25, 0.3) is 0 Å². The van der Waals surface area contributed by atoms with Crippen molar-refractivity contribution in [2.24, 2.45) is 5.92 Å². The Labute approximate surface area is 128 Å². The van der Waals surface area contributed by atoms with E-state index >= 15 is 0 Å². The Morgan fingerprint density at radius 3 is 2.76 bits per heavy atom. The van der Waals surface area contributed by atoms with Gasteiger partial charge < -0.3 is 15.3 Å². The number of aliphatic carboxylic acids is 1. The van der Waals surface area contributed by atoms with Crippen LogP contribution in [0.5, 0.6) is 0 Å². The average Bonchev–Trinajstić information content (AvgIpc) is 2.46. The molecule has 114 valence electrons. The summed E-state index contributed by atoms with van der Waals surface area (Å²) in [4.78, 5) is 24.9.